The molecular formula is C20H21F3N6O3S. The largest absolute Gasteiger partial charge is 0.634 e. The van der Waals surface area contributed by atoms with E-state index in [4.69, 9.17) is 4.74 Å². The smallest absolute Gasteiger partial charge is 0.419 e. The lowest BCUT2D eigenvalue weighted by Gasteiger charge is -2.34. The van der Waals surface area contributed by atoms with Crippen molar-refractivity contribution in [2.45, 2.75) is 6.18 Å². The fourth-order valence-electron chi connectivity index (χ4n) is 3.73. The molecule has 0 atom stereocenters. The highest BCUT2D eigenvalue weighted by Crippen LogP contribution is 2.39. The summed E-state index contributed by atoms with van der Waals surface area (Å²) in [5.41, 5.74) is -0.00776. The first-order chi connectivity index (χ1) is 15.6. The molecule has 0 saturated carbocycles. The van der Waals surface area contributed by atoms with Crippen LogP contribution in [0.5, 0.6) is 5.75 Å². The van der Waals surface area contributed by atoms with E-state index in [0.29, 0.717) is 5.52 Å². The molecule has 1 aliphatic heterocycles. The van der Waals surface area contributed by atoms with Crippen LogP contribution in [0, 0.1) is 16.5 Å². The Morgan fingerprint density at radius 2 is 2.03 bits per heavy atom. The molecule has 0 unspecified atom stereocenters. The monoisotopic (exact) mass is 482 g/mol. The first kappa shape index (κ1) is 23.1. The number of ether oxygens (including phenoxy) is 1. The van der Waals surface area contributed by atoms with Gasteiger partial charge in [0.25, 0.3) is 0 Å². The van der Waals surface area contributed by atoms with Crippen LogP contribution in [0.2, 0.25) is 0 Å². The van der Waals surface area contributed by atoms with Crippen LogP contribution in [0.1, 0.15) is 11.3 Å². The van der Waals surface area contributed by atoms with Gasteiger partial charge in [0, 0.05) is 18.4 Å². The summed E-state index contributed by atoms with van der Waals surface area (Å²) in [7, 11) is -1.01. The zero-order valence-electron chi connectivity index (χ0n) is 17.6. The Kier molecular flexibility index (Phi) is 6.08. The summed E-state index contributed by atoms with van der Waals surface area (Å²) in [4.78, 5) is 4.14. The Balaban J connectivity index is 1.61. The molecule has 0 amide bonds. The number of hydrogen-bond donors (Lipinski definition) is 2. The summed E-state index contributed by atoms with van der Waals surface area (Å²) in [6, 6.07) is 6.94. The van der Waals surface area contributed by atoms with Crippen molar-refractivity contribution in [3.8, 4) is 23.1 Å². The summed E-state index contributed by atoms with van der Waals surface area (Å²) in [6.45, 7) is 0.347. The first-order valence-corrected chi connectivity index (χ1v) is 12.4. The molecule has 3 aromatic rings. The third-order valence-corrected chi connectivity index (χ3v) is 8.71. The van der Waals surface area contributed by atoms with Crippen LogP contribution in [0.15, 0.2) is 24.3 Å². The van der Waals surface area contributed by atoms with Crippen LogP contribution in [-0.4, -0.2) is 61.1 Å². The van der Waals surface area contributed by atoms with Gasteiger partial charge in [0.15, 0.2) is 5.69 Å². The number of aryl methyl sites for hydroxylation is 1. The van der Waals surface area contributed by atoms with Crippen molar-refractivity contribution in [1.29, 1.82) is 5.26 Å². The van der Waals surface area contributed by atoms with Gasteiger partial charge in [0.1, 0.15) is 17.3 Å². The normalized spacial score (nSPS) is 19.2. The summed E-state index contributed by atoms with van der Waals surface area (Å²) < 4.78 is 60.9. The number of nitrogens with one attached hydrogen (secondary N) is 1. The second-order valence-corrected chi connectivity index (χ2v) is 11.3. The van der Waals surface area contributed by atoms with Crippen LogP contribution in [-0.2, 0) is 23.2 Å². The second kappa shape index (κ2) is 8.69. The number of halogens is 3. The average molecular weight is 482 g/mol. The van der Waals surface area contributed by atoms with Gasteiger partial charge in [-0.25, -0.2) is 9.67 Å². The van der Waals surface area contributed by atoms with E-state index in [-0.39, 0.29) is 70.2 Å². The van der Waals surface area contributed by atoms with Crippen LogP contribution in [0.3, 0.4) is 0 Å². The van der Waals surface area contributed by atoms with Gasteiger partial charge in [0.05, 0.1) is 48.0 Å². The Morgan fingerprint density at radius 1 is 1.30 bits per heavy atom. The van der Waals surface area contributed by atoms with Crippen LogP contribution in [0.25, 0.3) is 22.3 Å². The van der Waals surface area contributed by atoms with E-state index in [9.17, 15) is 27.8 Å². The predicted octanol–water partition coefficient (Wildman–Crippen LogP) is 0.713. The first-order valence-electron chi connectivity index (χ1n) is 10.1. The highest BCUT2D eigenvalue weighted by atomic mass is 32.2. The number of thiol groups is 1. The molecule has 1 fully saturated rings. The Morgan fingerprint density at radius 3 is 2.70 bits per heavy atom. The lowest BCUT2D eigenvalue weighted by molar-refractivity contribution is -0.844. The molecule has 0 aliphatic carbocycles. The van der Waals surface area contributed by atoms with Crippen molar-refractivity contribution in [1.82, 2.24) is 20.0 Å². The number of pyridine rings is 1. The molecule has 13 heteroatoms. The number of quaternary nitrogens is 1. The van der Waals surface area contributed by atoms with Gasteiger partial charge in [-0.1, -0.05) is 15.1 Å². The molecule has 1 N–H and O–H groups in total. The molecule has 2 aromatic heterocycles. The number of fused-ring (bicyclic) bond motifs is 1. The Hall–Kier alpha value is -3.08. The van der Waals surface area contributed by atoms with Crippen molar-refractivity contribution in [2.75, 3.05) is 37.0 Å². The third-order valence-electron chi connectivity index (χ3n) is 5.64. The summed E-state index contributed by atoms with van der Waals surface area (Å²) in [6.07, 6.45) is -4.71. The number of benzene rings is 1. The molecule has 0 bridgehead atoms. The molecule has 1 aliphatic rings. The van der Waals surface area contributed by atoms with E-state index in [2.05, 4.69) is 15.3 Å². The van der Waals surface area contributed by atoms with Crippen molar-refractivity contribution in [2.24, 2.45) is 7.05 Å². The van der Waals surface area contributed by atoms with E-state index >= 15 is 0 Å². The highest BCUT2D eigenvalue weighted by Gasteiger charge is 2.35. The molecule has 0 radical (unpaired) electrons. The number of rotatable bonds is 5. The van der Waals surface area contributed by atoms with Gasteiger partial charge < -0.3 is 15.0 Å². The number of aromatic nitrogens is 4. The quantitative estimate of drug-likeness (QED) is 0.406. The predicted molar refractivity (Wildman–Crippen MR) is 115 cm³/mol. The number of alkyl halides is 3. The van der Waals surface area contributed by atoms with Gasteiger partial charge in [-0.3, -0.25) is 4.21 Å². The summed E-state index contributed by atoms with van der Waals surface area (Å²) in [5.74, 6) is 0.294. The maximum absolute atomic E-state index is 13.8. The van der Waals surface area contributed by atoms with E-state index in [1.54, 1.807) is 7.05 Å². The van der Waals surface area contributed by atoms with Crippen molar-refractivity contribution in [3.05, 3.63) is 40.7 Å². The van der Waals surface area contributed by atoms with Crippen LogP contribution < -0.4 is 9.80 Å². The van der Waals surface area contributed by atoms with Gasteiger partial charge in [-0.2, -0.15) is 18.4 Å². The van der Waals surface area contributed by atoms with E-state index in [1.165, 1.54) is 22.9 Å². The van der Waals surface area contributed by atoms with Gasteiger partial charge >= 0.3 is 6.18 Å². The number of hydrogen-bond acceptors (Lipinski definition) is 7. The molecule has 176 valence electrons. The number of nitrogens with zero attached hydrogens (tertiary/aromatic N) is 5. The van der Waals surface area contributed by atoms with Gasteiger partial charge in [-0.15, -0.1) is 5.10 Å². The Labute approximate surface area is 187 Å². The average Bonchev–Trinajstić information content (AvgIpc) is 3.15. The lowest BCUT2D eigenvalue weighted by atomic mass is 10.1. The lowest BCUT2D eigenvalue weighted by Crippen LogP contribution is -3.10. The standard InChI is InChI=1S/C20H21F3N6O3S/c1-28-17-11-15(25-16(12-24)19(17)26-27-28)13-2-3-18(14(10-13)20(21,22)23)32-6-9-33(31)7-4-29(30)5-8-33/h2-3,10-11,29,33H,4-9H2,1H3. The molecule has 9 nitrogen and oxygen atoms in total. The molecule has 1 saturated heterocycles. The maximum atomic E-state index is 13.8. The minimum Gasteiger partial charge on any atom is -0.634 e. The summed E-state index contributed by atoms with van der Waals surface area (Å²) >= 11 is 0. The number of hydroxylamine groups is 2. The SMILES string of the molecule is Cn1nnc2c(C#N)nc(-c3ccc(OCC[SH]4(=O)CC[NH+]([O-])CC4)c(C(F)(F)F)c3)cc21. The summed E-state index contributed by atoms with van der Waals surface area (Å²) in [5, 5.41) is 28.5. The molecular weight excluding hydrogens is 461 g/mol. The second-order valence-electron chi connectivity index (χ2n) is 7.87. The molecule has 33 heavy (non-hydrogen) atoms. The molecule has 4 rings (SSSR count). The zero-order chi connectivity index (χ0) is 23.8. The minimum absolute atomic E-state index is 0.0415. The molecule has 3 heterocycles. The van der Waals surface area contributed by atoms with E-state index < -0.39 is 21.7 Å². The number of nitriles is 1. The highest BCUT2D eigenvalue weighted by molar-refractivity contribution is 8.03. The van der Waals surface area contributed by atoms with Crippen LogP contribution >= 0.6 is 0 Å². The molecule has 1 aromatic carbocycles. The maximum Gasteiger partial charge on any atom is 0.419 e. The van der Waals surface area contributed by atoms with Crippen molar-refractivity contribution >= 4 is 21.0 Å². The van der Waals surface area contributed by atoms with Gasteiger partial charge in [0.2, 0.25) is 0 Å². The third kappa shape index (κ3) is 4.82. The molecule has 0 spiro atoms. The minimum atomic E-state index is -4.71. The van der Waals surface area contributed by atoms with Crippen molar-refractivity contribution < 1.29 is 27.2 Å². The zero-order valence-corrected chi connectivity index (χ0v) is 18.5. The fraction of sp³-hybridized carbons (Fsp3) is 0.400. The van der Waals surface area contributed by atoms with Crippen molar-refractivity contribution in [3.63, 3.8) is 0 Å². The Bertz CT molecular complexity index is 1270. The topological polar surface area (TPSA) is 121 Å². The van der Waals surface area contributed by atoms with Gasteiger partial charge in [-0.05, 0) is 24.3 Å². The fourth-order valence-corrected chi connectivity index (χ4v) is 6.14. The van der Waals surface area contributed by atoms with E-state index in [1.807, 2.05) is 6.07 Å². The van der Waals surface area contributed by atoms with Crippen LogP contribution in [0.4, 0.5) is 13.2 Å². The van der Waals surface area contributed by atoms with E-state index in [0.717, 1.165) is 6.07 Å².